The van der Waals surface area contributed by atoms with Crippen LogP contribution in [0.2, 0.25) is 0 Å². The molecule has 4 rings (SSSR count). The zero-order valence-corrected chi connectivity index (χ0v) is 14.3. The van der Waals surface area contributed by atoms with E-state index in [1.54, 1.807) is 11.0 Å². The number of nitrogens with zero attached hydrogens (tertiary/aromatic N) is 3. The van der Waals surface area contributed by atoms with E-state index in [-0.39, 0.29) is 11.7 Å². The molecule has 25 heavy (non-hydrogen) atoms. The Kier molecular flexibility index (Phi) is 3.76. The van der Waals surface area contributed by atoms with Gasteiger partial charge in [-0.25, -0.2) is 0 Å². The van der Waals surface area contributed by atoms with Crippen LogP contribution in [-0.4, -0.2) is 31.2 Å². The normalized spacial score (nSPS) is 13.7. The van der Waals surface area contributed by atoms with Crippen LogP contribution in [0.1, 0.15) is 16.1 Å². The number of anilines is 2. The number of carbonyl (C=O) groups excluding carboxylic acids is 1. The van der Waals surface area contributed by atoms with E-state index in [0.29, 0.717) is 12.2 Å². The van der Waals surface area contributed by atoms with Gasteiger partial charge in [0.15, 0.2) is 0 Å². The maximum Gasteiger partial charge on any atom is 0.297 e. The summed E-state index contributed by atoms with van der Waals surface area (Å²) in [6, 6.07) is 17.6. The first-order chi connectivity index (χ1) is 12.1. The maximum absolute atomic E-state index is 12.9. The Bertz CT molecular complexity index is 915. The summed E-state index contributed by atoms with van der Waals surface area (Å²) in [7, 11) is 2.03. The van der Waals surface area contributed by atoms with Crippen LogP contribution < -0.4 is 9.80 Å². The van der Waals surface area contributed by atoms with Crippen molar-refractivity contribution in [3.05, 3.63) is 65.9 Å². The summed E-state index contributed by atoms with van der Waals surface area (Å²) in [6.45, 7) is 3.43. The lowest BCUT2D eigenvalue weighted by atomic mass is 10.1. The minimum Gasteiger partial charge on any atom is -0.371 e. The second-order valence-electron chi connectivity index (χ2n) is 6.31. The third-order valence-electron chi connectivity index (χ3n) is 4.56. The third-order valence-corrected chi connectivity index (χ3v) is 4.56. The van der Waals surface area contributed by atoms with Crippen molar-refractivity contribution in [1.29, 1.82) is 0 Å². The summed E-state index contributed by atoms with van der Waals surface area (Å²) in [4.78, 5) is 16.9. The number of benzene rings is 2. The Morgan fingerprint density at radius 2 is 1.76 bits per heavy atom. The quantitative estimate of drug-likeness (QED) is 0.717. The first-order valence-corrected chi connectivity index (χ1v) is 8.29. The van der Waals surface area contributed by atoms with Gasteiger partial charge in [-0.1, -0.05) is 47.1 Å². The van der Waals surface area contributed by atoms with Gasteiger partial charge in [0.1, 0.15) is 5.69 Å². The Morgan fingerprint density at radius 1 is 1.04 bits per heavy atom. The minimum atomic E-state index is -0.161. The maximum atomic E-state index is 12.9. The van der Waals surface area contributed by atoms with Crippen molar-refractivity contribution in [2.45, 2.75) is 6.92 Å². The van der Waals surface area contributed by atoms with Crippen LogP contribution in [0.25, 0.3) is 11.3 Å². The number of amides is 1. The zero-order chi connectivity index (χ0) is 17.4. The molecule has 0 unspecified atom stereocenters. The number of rotatable bonds is 2. The van der Waals surface area contributed by atoms with Gasteiger partial charge in [0.2, 0.25) is 5.76 Å². The second-order valence-corrected chi connectivity index (χ2v) is 6.31. The number of aromatic nitrogens is 1. The van der Waals surface area contributed by atoms with Crippen molar-refractivity contribution < 1.29 is 9.32 Å². The number of fused-ring (bicyclic) bond motifs is 1. The van der Waals surface area contributed by atoms with Crippen molar-refractivity contribution in [3.63, 3.8) is 0 Å². The predicted octanol–water partition coefficient (Wildman–Crippen LogP) is 3.75. The lowest BCUT2D eigenvalue weighted by Crippen LogP contribution is -2.42. The first kappa shape index (κ1) is 15.4. The molecule has 5 nitrogen and oxygen atoms in total. The van der Waals surface area contributed by atoms with Crippen LogP contribution in [0.3, 0.4) is 0 Å². The average Bonchev–Trinajstić information content (AvgIpc) is 3.12. The molecule has 0 atom stereocenters. The highest BCUT2D eigenvalue weighted by atomic mass is 16.5. The van der Waals surface area contributed by atoms with Crippen molar-refractivity contribution in [2.75, 3.05) is 29.9 Å². The molecule has 1 amide bonds. The first-order valence-electron chi connectivity index (χ1n) is 8.29. The Morgan fingerprint density at radius 3 is 2.52 bits per heavy atom. The van der Waals surface area contributed by atoms with Crippen LogP contribution >= 0.6 is 0 Å². The molecule has 0 spiro atoms. The molecule has 0 N–H and O–H groups in total. The molecule has 3 aromatic rings. The van der Waals surface area contributed by atoms with Gasteiger partial charge in [0, 0.05) is 31.8 Å². The Hall–Kier alpha value is -3.08. The summed E-state index contributed by atoms with van der Waals surface area (Å²) < 4.78 is 5.35. The van der Waals surface area contributed by atoms with Gasteiger partial charge in [-0.15, -0.1) is 0 Å². The van der Waals surface area contributed by atoms with E-state index in [0.717, 1.165) is 23.5 Å². The van der Waals surface area contributed by atoms with E-state index in [1.165, 1.54) is 5.56 Å². The topological polar surface area (TPSA) is 49.6 Å². The Labute approximate surface area is 146 Å². The Balaban J connectivity index is 1.64. The summed E-state index contributed by atoms with van der Waals surface area (Å²) in [5.41, 5.74) is 4.73. The van der Waals surface area contributed by atoms with Crippen LogP contribution in [0.5, 0.6) is 0 Å². The van der Waals surface area contributed by atoms with Gasteiger partial charge in [-0.2, -0.15) is 0 Å². The third kappa shape index (κ3) is 2.78. The van der Waals surface area contributed by atoms with E-state index in [1.807, 2.05) is 62.5 Å². The number of hydrogen-bond donors (Lipinski definition) is 0. The van der Waals surface area contributed by atoms with Crippen molar-refractivity contribution in [1.82, 2.24) is 5.16 Å². The average molecular weight is 333 g/mol. The summed E-state index contributed by atoms with van der Waals surface area (Å²) in [5, 5.41) is 4.07. The van der Waals surface area contributed by atoms with Crippen LogP contribution in [0, 0.1) is 6.92 Å². The molecule has 5 heteroatoms. The number of hydrogen-bond acceptors (Lipinski definition) is 4. The molecular formula is C20H19N3O2. The summed E-state index contributed by atoms with van der Waals surface area (Å²) in [6.07, 6.45) is 0. The van der Waals surface area contributed by atoms with Gasteiger partial charge in [-0.05, 0) is 19.1 Å². The molecular weight excluding hydrogens is 314 g/mol. The molecule has 2 aromatic carbocycles. The number of likely N-dealkylation sites (N-methyl/N-ethyl adjacent to an activating group) is 1. The number of aryl methyl sites for hydroxylation is 1. The lowest BCUT2D eigenvalue weighted by molar-refractivity contribution is 0.0951. The molecule has 126 valence electrons. The molecule has 0 aliphatic carbocycles. The van der Waals surface area contributed by atoms with Gasteiger partial charge >= 0.3 is 0 Å². The lowest BCUT2D eigenvalue weighted by Gasteiger charge is -2.35. The fourth-order valence-corrected chi connectivity index (χ4v) is 3.09. The monoisotopic (exact) mass is 333 g/mol. The van der Waals surface area contributed by atoms with E-state index in [4.69, 9.17) is 4.52 Å². The molecule has 2 heterocycles. The summed E-state index contributed by atoms with van der Waals surface area (Å²) >= 11 is 0. The molecule has 0 bridgehead atoms. The highest BCUT2D eigenvalue weighted by Gasteiger charge is 2.28. The smallest absolute Gasteiger partial charge is 0.297 e. The van der Waals surface area contributed by atoms with Crippen molar-refractivity contribution in [3.8, 4) is 11.3 Å². The van der Waals surface area contributed by atoms with E-state index in [2.05, 4.69) is 10.1 Å². The molecule has 0 radical (unpaired) electrons. The van der Waals surface area contributed by atoms with Crippen LogP contribution in [0.4, 0.5) is 11.4 Å². The highest BCUT2D eigenvalue weighted by Crippen LogP contribution is 2.33. The fraction of sp³-hybridized carbons (Fsp3) is 0.200. The standard InChI is InChI=1S/C20H19N3O2/c1-14-7-9-15(10-8-14)16-13-19(25-21-16)20(24)23-12-11-22(2)17-5-3-4-6-18(17)23/h3-10,13H,11-12H2,1-2H3. The molecule has 0 saturated heterocycles. The van der Waals surface area contributed by atoms with E-state index >= 15 is 0 Å². The van der Waals surface area contributed by atoms with Crippen LogP contribution in [0.15, 0.2) is 59.1 Å². The molecule has 1 aliphatic heterocycles. The van der Waals surface area contributed by atoms with Gasteiger partial charge < -0.3 is 14.3 Å². The van der Waals surface area contributed by atoms with Gasteiger partial charge in [0.25, 0.3) is 5.91 Å². The number of carbonyl (C=O) groups is 1. The van der Waals surface area contributed by atoms with E-state index in [9.17, 15) is 4.79 Å². The fourth-order valence-electron chi connectivity index (χ4n) is 3.09. The van der Waals surface area contributed by atoms with E-state index < -0.39 is 0 Å². The predicted molar refractivity (Wildman–Crippen MR) is 98.1 cm³/mol. The SMILES string of the molecule is Cc1ccc(-c2cc(C(=O)N3CCN(C)c4ccccc43)on2)cc1. The largest absolute Gasteiger partial charge is 0.371 e. The molecule has 0 saturated carbocycles. The number of para-hydroxylation sites is 2. The van der Waals surface area contributed by atoms with Gasteiger partial charge in [0.05, 0.1) is 11.4 Å². The molecule has 1 aromatic heterocycles. The second kappa shape index (κ2) is 6.09. The molecule has 0 fully saturated rings. The molecule has 1 aliphatic rings. The highest BCUT2D eigenvalue weighted by molar-refractivity contribution is 6.07. The summed E-state index contributed by atoms with van der Waals surface area (Å²) in [5.74, 6) is 0.0985. The van der Waals surface area contributed by atoms with Gasteiger partial charge in [-0.3, -0.25) is 4.79 Å². The zero-order valence-electron chi connectivity index (χ0n) is 14.3. The van der Waals surface area contributed by atoms with Crippen LogP contribution in [-0.2, 0) is 0 Å². The van der Waals surface area contributed by atoms with Crippen molar-refractivity contribution >= 4 is 17.3 Å². The minimum absolute atomic E-state index is 0.161. The van der Waals surface area contributed by atoms with Crippen molar-refractivity contribution in [2.24, 2.45) is 0 Å².